The van der Waals surface area contributed by atoms with E-state index in [2.05, 4.69) is 10.5 Å². The highest BCUT2D eigenvalue weighted by Crippen LogP contribution is 2.32. The molecular weight excluding hydrogens is 398 g/mol. The van der Waals surface area contributed by atoms with Crippen molar-refractivity contribution >= 4 is 29.0 Å². The van der Waals surface area contributed by atoms with Crippen LogP contribution >= 0.6 is 0 Å². The Hall–Kier alpha value is -3.81. The van der Waals surface area contributed by atoms with Crippen LogP contribution < -0.4 is 14.9 Å². The van der Waals surface area contributed by atoms with Crippen LogP contribution in [-0.2, 0) is 27.3 Å². The third-order valence-electron chi connectivity index (χ3n) is 5.06. The van der Waals surface area contributed by atoms with Crippen LogP contribution in [0.25, 0.3) is 10.9 Å². The van der Waals surface area contributed by atoms with Crippen molar-refractivity contribution in [2.24, 2.45) is 5.10 Å². The van der Waals surface area contributed by atoms with Gasteiger partial charge >= 0.3 is 5.97 Å². The number of carbonyl (C=O) groups is 2. The second-order valence-corrected chi connectivity index (χ2v) is 7.06. The first-order chi connectivity index (χ1) is 15.1. The second-order valence-electron chi connectivity index (χ2n) is 7.06. The van der Waals surface area contributed by atoms with E-state index < -0.39 is 0 Å². The lowest BCUT2D eigenvalue weighted by Gasteiger charge is -2.07. The van der Waals surface area contributed by atoms with E-state index in [1.165, 1.54) is 0 Å². The predicted octanol–water partition coefficient (Wildman–Crippen LogP) is 2.93. The molecule has 1 aliphatic rings. The van der Waals surface area contributed by atoms with Gasteiger partial charge in [-0.15, -0.1) is 0 Å². The highest BCUT2D eigenvalue weighted by molar-refractivity contribution is 6.01. The molecule has 0 spiro atoms. The summed E-state index contributed by atoms with van der Waals surface area (Å²) in [5, 5.41) is 5.08. The Balaban J connectivity index is 1.48. The molecule has 0 atom stereocenters. The Labute approximate surface area is 179 Å². The minimum Gasteiger partial charge on any atom is -0.465 e. The van der Waals surface area contributed by atoms with E-state index in [-0.39, 0.29) is 31.6 Å². The summed E-state index contributed by atoms with van der Waals surface area (Å²) < 4.78 is 17.6. The highest BCUT2D eigenvalue weighted by atomic mass is 16.7. The fourth-order valence-electron chi connectivity index (χ4n) is 3.60. The monoisotopic (exact) mass is 421 g/mol. The molecule has 1 amide bonds. The standard InChI is InChI=1S/C23H23N3O5/c1-3-29-23(28)13-26-15(2)18(17-6-4-5-7-19(17)26)12-24-25-22(27)11-16-8-9-20-21(10-16)31-14-30-20/h4-10,12H,3,11,13-14H2,1-2H3,(H,25,27)/b24-12+. The fourth-order valence-corrected chi connectivity index (χ4v) is 3.60. The van der Waals surface area contributed by atoms with Crippen LogP contribution in [0.15, 0.2) is 47.6 Å². The molecule has 0 unspecified atom stereocenters. The van der Waals surface area contributed by atoms with Gasteiger partial charge in [0.1, 0.15) is 6.54 Å². The van der Waals surface area contributed by atoms with Crippen LogP contribution in [0.4, 0.5) is 0 Å². The third kappa shape index (κ3) is 4.37. The molecule has 1 N–H and O–H groups in total. The van der Waals surface area contributed by atoms with Gasteiger partial charge in [0.15, 0.2) is 11.5 Å². The van der Waals surface area contributed by atoms with Crippen molar-refractivity contribution in [2.75, 3.05) is 13.4 Å². The number of nitrogens with one attached hydrogen (secondary N) is 1. The Bertz CT molecular complexity index is 1170. The number of amides is 1. The van der Waals surface area contributed by atoms with E-state index in [4.69, 9.17) is 14.2 Å². The first kappa shape index (κ1) is 20.5. The molecule has 2 aromatic carbocycles. The minimum atomic E-state index is -0.299. The fraction of sp³-hybridized carbons (Fsp3) is 0.261. The van der Waals surface area contributed by atoms with E-state index in [1.807, 2.05) is 41.8 Å². The number of rotatable bonds is 7. The molecular formula is C23H23N3O5. The molecule has 1 aliphatic heterocycles. The van der Waals surface area contributed by atoms with Gasteiger partial charge in [0.2, 0.25) is 12.7 Å². The lowest BCUT2D eigenvalue weighted by molar-refractivity contribution is -0.143. The van der Waals surface area contributed by atoms with E-state index in [9.17, 15) is 9.59 Å². The number of hydrogen-bond acceptors (Lipinski definition) is 6. The van der Waals surface area contributed by atoms with Crippen molar-refractivity contribution in [3.05, 3.63) is 59.3 Å². The zero-order valence-corrected chi connectivity index (χ0v) is 17.4. The largest absolute Gasteiger partial charge is 0.465 e. The maximum atomic E-state index is 12.3. The first-order valence-corrected chi connectivity index (χ1v) is 10.0. The number of esters is 1. The molecule has 3 aromatic rings. The molecule has 0 aliphatic carbocycles. The zero-order valence-electron chi connectivity index (χ0n) is 17.4. The summed E-state index contributed by atoms with van der Waals surface area (Å²) >= 11 is 0. The summed E-state index contributed by atoms with van der Waals surface area (Å²) in [6, 6.07) is 13.1. The average Bonchev–Trinajstić information content (AvgIpc) is 3.32. The summed E-state index contributed by atoms with van der Waals surface area (Å²) in [6.45, 7) is 4.33. The van der Waals surface area contributed by atoms with Gasteiger partial charge in [0.25, 0.3) is 0 Å². The van der Waals surface area contributed by atoms with Crippen LogP contribution in [0.5, 0.6) is 11.5 Å². The summed E-state index contributed by atoms with van der Waals surface area (Å²) in [6.07, 6.45) is 1.77. The van der Waals surface area contributed by atoms with Crippen molar-refractivity contribution < 1.29 is 23.8 Å². The molecule has 0 saturated carbocycles. The number of aromatic nitrogens is 1. The molecule has 8 nitrogen and oxygen atoms in total. The molecule has 160 valence electrons. The summed E-state index contributed by atoms with van der Waals surface area (Å²) in [5.74, 6) is 0.769. The first-order valence-electron chi connectivity index (χ1n) is 10.0. The summed E-state index contributed by atoms with van der Waals surface area (Å²) in [4.78, 5) is 24.3. The lowest BCUT2D eigenvalue weighted by Crippen LogP contribution is -2.19. The molecule has 0 saturated heterocycles. The van der Waals surface area contributed by atoms with Crippen molar-refractivity contribution in [1.29, 1.82) is 0 Å². The number of benzene rings is 2. The molecule has 0 bridgehead atoms. The Morgan fingerprint density at radius 3 is 2.84 bits per heavy atom. The van der Waals surface area contributed by atoms with Gasteiger partial charge in [-0.25, -0.2) is 5.43 Å². The van der Waals surface area contributed by atoms with Crippen molar-refractivity contribution in [3.8, 4) is 11.5 Å². The number of carbonyl (C=O) groups excluding carboxylic acids is 2. The van der Waals surface area contributed by atoms with E-state index in [1.54, 1.807) is 25.3 Å². The van der Waals surface area contributed by atoms with E-state index in [0.717, 1.165) is 27.7 Å². The van der Waals surface area contributed by atoms with E-state index >= 15 is 0 Å². The third-order valence-corrected chi connectivity index (χ3v) is 5.06. The summed E-state index contributed by atoms with van der Waals surface area (Å²) in [7, 11) is 0. The van der Waals surface area contributed by atoms with Crippen molar-refractivity contribution in [3.63, 3.8) is 0 Å². The van der Waals surface area contributed by atoms with E-state index in [0.29, 0.717) is 18.1 Å². The highest BCUT2D eigenvalue weighted by Gasteiger charge is 2.16. The van der Waals surface area contributed by atoms with Crippen LogP contribution in [0.3, 0.4) is 0 Å². The van der Waals surface area contributed by atoms with Gasteiger partial charge in [-0.1, -0.05) is 24.3 Å². The SMILES string of the molecule is CCOC(=O)Cn1c(C)c(/C=N/NC(=O)Cc2ccc3c(c2)OCO3)c2ccccc21. The van der Waals surface area contributed by atoms with Crippen LogP contribution in [0.2, 0.25) is 0 Å². The van der Waals surface area contributed by atoms with Crippen molar-refractivity contribution in [2.45, 2.75) is 26.8 Å². The minimum absolute atomic E-state index is 0.116. The quantitative estimate of drug-likeness (QED) is 0.360. The summed E-state index contributed by atoms with van der Waals surface area (Å²) in [5.41, 5.74) is 5.98. The maximum absolute atomic E-state index is 12.3. The molecule has 0 fully saturated rings. The van der Waals surface area contributed by atoms with Gasteiger partial charge in [0.05, 0.1) is 19.2 Å². The van der Waals surface area contributed by atoms with Gasteiger partial charge in [-0.05, 0) is 37.6 Å². The number of hydrazone groups is 1. The Morgan fingerprint density at radius 2 is 2.00 bits per heavy atom. The number of hydrogen-bond donors (Lipinski definition) is 1. The molecule has 0 radical (unpaired) electrons. The topological polar surface area (TPSA) is 91.2 Å². The van der Waals surface area contributed by atoms with Crippen LogP contribution in [-0.4, -0.2) is 36.1 Å². The number of nitrogens with zero attached hydrogens (tertiary/aromatic N) is 2. The molecule has 1 aromatic heterocycles. The number of ether oxygens (including phenoxy) is 3. The normalized spacial score (nSPS) is 12.5. The molecule has 31 heavy (non-hydrogen) atoms. The zero-order chi connectivity index (χ0) is 21.8. The van der Waals surface area contributed by atoms with Crippen molar-refractivity contribution in [1.82, 2.24) is 9.99 Å². The predicted molar refractivity (Wildman–Crippen MR) is 115 cm³/mol. The molecule has 2 heterocycles. The Morgan fingerprint density at radius 1 is 1.19 bits per heavy atom. The molecule has 4 rings (SSSR count). The van der Waals surface area contributed by atoms with Gasteiger partial charge in [-0.3, -0.25) is 9.59 Å². The smallest absolute Gasteiger partial charge is 0.325 e. The second kappa shape index (κ2) is 8.91. The molecule has 8 heteroatoms. The number of para-hydroxylation sites is 1. The van der Waals surface area contributed by atoms with Gasteiger partial charge in [0, 0.05) is 22.2 Å². The number of fused-ring (bicyclic) bond motifs is 2. The Kier molecular flexibility index (Phi) is 5.88. The van der Waals surface area contributed by atoms with Crippen LogP contribution in [0.1, 0.15) is 23.7 Å². The van der Waals surface area contributed by atoms with Crippen LogP contribution in [0, 0.1) is 6.92 Å². The van der Waals surface area contributed by atoms with Gasteiger partial charge < -0.3 is 18.8 Å². The van der Waals surface area contributed by atoms with Gasteiger partial charge in [-0.2, -0.15) is 5.10 Å². The average molecular weight is 421 g/mol. The maximum Gasteiger partial charge on any atom is 0.325 e. The lowest BCUT2D eigenvalue weighted by atomic mass is 10.1.